The summed E-state index contributed by atoms with van der Waals surface area (Å²) in [7, 11) is 0. The van der Waals surface area contributed by atoms with Gasteiger partial charge in [-0.3, -0.25) is 0 Å². The number of aliphatic hydroxyl groups is 1. The second-order valence-corrected chi connectivity index (χ2v) is 5.45. The van der Waals surface area contributed by atoms with Gasteiger partial charge >= 0.3 is 0 Å². The Morgan fingerprint density at radius 2 is 2.29 bits per heavy atom. The van der Waals surface area contributed by atoms with Crippen LogP contribution in [0.5, 0.6) is 0 Å². The maximum Gasteiger partial charge on any atom is 0.0833 e. The van der Waals surface area contributed by atoms with Gasteiger partial charge in [-0.2, -0.15) is 11.8 Å². The van der Waals surface area contributed by atoms with Gasteiger partial charge in [-0.1, -0.05) is 0 Å². The van der Waals surface area contributed by atoms with Crippen molar-refractivity contribution in [1.29, 1.82) is 0 Å². The molecule has 84 valence electrons. The van der Waals surface area contributed by atoms with Crippen LogP contribution in [0.15, 0.2) is 0 Å². The van der Waals surface area contributed by atoms with Crippen molar-refractivity contribution in [2.24, 2.45) is 5.73 Å². The van der Waals surface area contributed by atoms with E-state index in [0.29, 0.717) is 18.6 Å². The summed E-state index contributed by atoms with van der Waals surface area (Å²) < 4.78 is 0. The fourth-order valence-corrected chi connectivity index (χ4v) is 2.65. The zero-order valence-corrected chi connectivity index (χ0v) is 9.94. The van der Waals surface area contributed by atoms with E-state index in [1.54, 1.807) is 11.8 Å². The summed E-state index contributed by atoms with van der Waals surface area (Å²) >= 11 is 1.68. The van der Waals surface area contributed by atoms with Crippen LogP contribution in [0.4, 0.5) is 0 Å². The van der Waals surface area contributed by atoms with Gasteiger partial charge in [-0.15, -0.1) is 0 Å². The van der Waals surface area contributed by atoms with Crippen LogP contribution in [-0.4, -0.2) is 41.3 Å². The van der Waals surface area contributed by atoms with Gasteiger partial charge < -0.3 is 16.2 Å². The molecule has 0 bridgehead atoms. The van der Waals surface area contributed by atoms with E-state index in [1.165, 1.54) is 0 Å². The van der Waals surface area contributed by atoms with Crippen LogP contribution in [0.3, 0.4) is 0 Å². The minimum atomic E-state index is -0.591. The molecule has 1 aliphatic carbocycles. The molecule has 3 atom stereocenters. The van der Waals surface area contributed by atoms with Crippen molar-refractivity contribution in [2.45, 2.75) is 43.9 Å². The van der Waals surface area contributed by atoms with Crippen molar-refractivity contribution in [3.63, 3.8) is 0 Å². The molecule has 0 saturated heterocycles. The Hall–Kier alpha value is 0.230. The standard InChI is InChI=1S/C10H22N2OS/c1-10(13,7-14-2)6-12-9-4-3-8(11)5-9/h8-9,12-13H,3-7,11H2,1-2H3. The summed E-state index contributed by atoms with van der Waals surface area (Å²) in [5.41, 5.74) is 5.23. The van der Waals surface area contributed by atoms with E-state index in [9.17, 15) is 5.11 Å². The molecule has 3 nitrogen and oxygen atoms in total. The lowest BCUT2D eigenvalue weighted by atomic mass is 10.1. The molecular formula is C10H22N2OS. The molecule has 0 aromatic rings. The molecule has 0 aromatic heterocycles. The van der Waals surface area contributed by atoms with Gasteiger partial charge in [0.15, 0.2) is 0 Å². The maximum absolute atomic E-state index is 9.93. The second-order valence-electron chi connectivity index (χ2n) is 4.58. The Labute approximate surface area is 90.8 Å². The van der Waals surface area contributed by atoms with E-state index in [-0.39, 0.29) is 0 Å². The highest BCUT2D eigenvalue weighted by atomic mass is 32.2. The SMILES string of the molecule is CSCC(C)(O)CNC1CCC(N)C1. The molecule has 1 rings (SSSR count). The average molecular weight is 218 g/mol. The summed E-state index contributed by atoms with van der Waals surface area (Å²) in [6, 6.07) is 0.872. The summed E-state index contributed by atoms with van der Waals surface area (Å²) in [4.78, 5) is 0. The lowest BCUT2D eigenvalue weighted by Gasteiger charge is -2.25. The number of thioether (sulfide) groups is 1. The normalized spacial score (nSPS) is 31.7. The average Bonchev–Trinajstić information content (AvgIpc) is 2.48. The first kappa shape index (κ1) is 12.3. The Balaban J connectivity index is 2.19. The molecule has 0 radical (unpaired) electrons. The predicted molar refractivity (Wildman–Crippen MR) is 62.6 cm³/mol. The van der Waals surface area contributed by atoms with Gasteiger partial charge in [-0.25, -0.2) is 0 Å². The summed E-state index contributed by atoms with van der Waals surface area (Å²) in [6.07, 6.45) is 5.33. The van der Waals surface area contributed by atoms with E-state index in [4.69, 9.17) is 5.73 Å². The Morgan fingerprint density at radius 3 is 2.79 bits per heavy atom. The third-order valence-electron chi connectivity index (χ3n) is 2.70. The third-order valence-corrected chi connectivity index (χ3v) is 3.61. The van der Waals surface area contributed by atoms with E-state index in [0.717, 1.165) is 25.0 Å². The summed E-state index contributed by atoms with van der Waals surface area (Å²) in [5, 5.41) is 13.3. The lowest BCUT2D eigenvalue weighted by molar-refractivity contribution is 0.0816. The van der Waals surface area contributed by atoms with E-state index < -0.39 is 5.60 Å². The molecule has 0 aliphatic heterocycles. The molecule has 3 unspecified atom stereocenters. The topological polar surface area (TPSA) is 58.3 Å². The molecule has 14 heavy (non-hydrogen) atoms. The largest absolute Gasteiger partial charge is 0.388 e. The molecule has 4 heteroatoms. The van der Waals surface area contributed by atoms with E-state index in [2.05, 4.69) is 5.32 Å². The minimum Gasteiger partial charge on any atom is -0.388 e. The number of hydrogen-bond donors (Lipinski definition) is 3. The van der Waals surface area contributed by atoms with Crippen molar-refractivity contribution in [3.8, 4) is 0 Å². The van der Waals surface area contributed by atoms with Crippen molar-refractivity contribution in [2.75, 3.05) is 18.6 Å². The molecule has 1 saturated carbocycles. The van der Waals surface area contributed by atoms with Crippen LogP contribution in [0.1, 0.15) is 26.2 Å². The maximum atomic E-state index is 9.93. The van der Waals surface area contributed by atoms with Crippen molar-refractivity contribution in [1.82, 2.24) is 5.32 Å². The number of nitrogens with one attached hydrogen (secondary N) is 1. The van der Waals surface area contributed by atoms with Crippen LogP contribution in [-0.2, 0) is 0 Å². The van der Waals surface area contributed by atoms with Gasteiger partial charge in [0.05, 0.1) is 5.60 Å². The summed E-state index contributed by atoms with van der Waals surface area (Å²) in [5.74, 6) is 0.777. The Bertz CT molecular complexity index is 176. The number of hydrogen-bond acceptors (Lipinski definition) is 4. The van der Waals surface area contributed by atoms with Crippen LogP contribution in [0.25, 0.3) is 0 Å². The third kappa shape index (κ3) is 4.17. The molecule has 1 fully saturated rings. The highest BCUT2D eigenvalue weighted by Crippen LogP contribution is 2.18. The van der Waals surface area contributed by atoms with Crippen LogP contribution in [0, 0.1) is 0 Å². The van der Waals surface area contributed by atoms with Crippen LogP contribution in [0.2, 0.25) is 0 Å². The van der Waals surface area contributed by atoms with Crippen molar-refractivity contribution < 1.29 is 5.11 Å². The number of rotatable bonds is 5. The highest BCUT2D eigenvalue weighted by molar-refractivity contribution is 7.98. The molecule has 0 amide bonds. The molecule has 0 spiro atoms. The fraction of sp³-hybridized carbons (Fsp3) is 1.00. The van der Waals surface area contributed by atoms with Gasteiger partial charge in [0.2, 0.25) is 0 Å². The Morgan fingerprint density at radius 1 is 1.57 bits per heavy atom. The first-order valence-electron chi connectivity index (χ1n) is 5.24. The molecular weight excluding hydrogens is 196 g/mol. The van der Waals surface area contributed by atoms with Gasteiger partial charge in [0, 0.05) is 24.4 Å². The molecule has 4 N–H and O–H groups in total. The van der Waals surface area contributed by atoms with Gasteiger partial charge in [0.1, 0.15) is 0 Å². The smallest absolute Gasteiger partial charge is 0.0833 e. The van der Waals surface area contributed by atoms with Crippen molar-refractivity contribution in [3.05, 3.63) is 0 Å². The monoisotopic (exact) mass is 218 g/mol. The second kappa shape index (κ2) is 5.35. The first-order chi connectivity index (χ1) is 6.53. The van der Waals surface area contributed by atoms with Crippen LogP contribution < -0.4 is 11.1 Å². The van der Waals surface area contributed by atoms with Crippen LogP contribution >= 0.6 is 11.8 Å². The fourth-order valence-electron chi connectivity index (χ4n) is 1.93. The lowest BCUT2D eigenvalue weighted by Crippen LogP contribution is -2.43. The molecule has 0 aromatic carbocycles. The van der Waals surface area contributed by atoms with Gasteiger partial charge in [-0.05, 0) is 32.4 Å². The first-order valence-corrected chi connectivity index (χ1v) is 6.63. The quantitative estimate of drug-likeness (QED) is 0.631. The van der Waals surface area contributed by atoms with E-state index >= 15 is 0 Å². The zero-order valence-electron chi connectivity index (χ0n) is 9.12. The summed E-state index contributed by atoms with van der Waals surface area (Å²) in [6.45, 7) is 2.55. The zero-order chi connectivity index (χ0) is 10.6. The van der Waals surface area contributed by atoms with Gasteiger partial charge in [0.25, 0.3) is 0 Å². The minimum absolute atomic E-state index is 0.359. The highest BCUT2D eigenvalue weighted by Gasteiger charge is 2.25. The van der Waals surface area contributed by atoms with E-state index in [1.807, 2.05) is 13.2 Å². The number of nitrogens with two attached hydrogens (primary N) is 1. The predicted octanol–water partition coefficient (Wildman–Crippen LogP) is 0.570. The Kier molecular flexibility index (Phi) is 4.70. The molecule has 0 heterocycles. The molecule has 1 aliphatic rings. The van der Waals surface area contributed by atoms with Crippen molar-refractivity contribution >= 4 is 11.8 Å².